The van der Waals surface area contributed by atoms with E-state index < -0.39 is 5.97 Å². The van der Waals surface area contributed by atoms with E-state index in [4.69, 9.17) is 9.84 Å². The summed E-state index contributed by atoms with van der Waals surface area (Å²) in [6, 6.07) is 7.25. The summed E-state index contributed by atoms with van der Waals surface area (Å²) >= 11 is 0. The average Bonchev–Trinajstić information content (AvgIpc) is 2.64. The summed E-state index contributed by atoms with van der Waals surface area (Å²) in [6.07, 6.45) is 7.14. The molecule has 0 radical (unpaired) electrons. The Labute approximate surface area is 153 Å². The lowest BCUT2D eigenvalue weighted by molar-refractivity contribution is 0.0697. The molecule has 1 aromatic carbocycles. The fraction of sp³-hybridized carbons (Fsp3) is 0.450. The number of aromatic nitrogens is 2. The zero-order valence-corrected chi connectivity index (χ0v) is 15.1. The third kappa shape index (κ3) is 5.09. The Bertz CT molecular complexity index is 716. The number of hydrogen-bond acceptors (Lipinski definition) is 5. The summed E-state index contributed by atoms with van der Waals surface area (Å²) in [4.78, 5) is 22.1. The molecule has 26 heavy (non-hydrogen) atoms. The summed E-state index contributed by atoms with van der Waals surface area (Å²) < 4.78 is 5.04. The van der Waals surface area contributed by atoms with Gasteiger partial charge in [0.2, 0.25) is 0 Å². The highest BCUT2D eigenvalue weighted by atomic mass is 16.5. The van der Waals surface area contributed by atoms with Crippen molar-refractivity contribution in [3.8, 4) is 0 Å². The van der Waals surface area contributed by atoms with Crippen molar-refractivity contribution in [2.75, 3.05) is 20.2 Å². The van der Waals surface area contributed by atoms with Gasteiger partial charge in [0.25, 0.3) is 0 Å². The Balaban J connectivity index is 1.54. The van der Waals surface area contributed by atoms with Crippen molar-refractivity contribution in [3.05, 3.63) is 59.2 Å². The van der Waals surface area contributed by atoms with Crippen LogP contribution in [0, 0.1) is 5.92 Å². The van der Waals surface area contributed by atoms with Gasteiger partial charge >= 0.3 is 5.97 Å². The van der Waals surface area contributed by atoms with E-state index in [0.717, 1.165) is 31.6 Å². The highest BCUT2D eigenvalue weighted by Crippen LogP contribution is 2.22. The van der Waals surface area contributed by atoms with Crippen LogP contribution < -0.4 is 0 Å². The first-order valence-corrected chi connectivity index (χ1v) is 8.97. The lowest BCUT2D eigenvalue weighted by Gasteiger charge is -2.32. The Morgan fingerprint density at radius 1 is 1.23 bits per heavy atom. The maximum Gasteiger partial charge on any atom is 0.335 e. The number of carboxylic acids is 1. The second kappa shape index (κ2) is 8.87. The van der Waals surface area contributed by atoms with Crippen LogP contribution in [0.5, 0.6) is 0 Å². The molecule has 2 heterocycles. The monoisotopic (exact) mass is 355 g/mol. The Kier molecular flexibility index (Phi) is 6.30. The molecule has 138 valence electrons. The minimum absolute atomic E-state index is 0.343. The molecule has 1 N–H and O–H groups in total. The summed E-state index contributed by atoms with van der Waals surface area (Å²) in [7, 11) is 1.64. The molecular formula is C20H25N3O3. The van der Waals surface area contributed by atoms with Gasteiger partial charge in [0, 0.05) is 38.2 Å². The molecule has 3 rings (SSSR count). The van der Waals surface area contributed by atoms with Crippen molar-refractivity contribution in [3.63, 3.8) is 0 Å². The molecule has 1 saturated heterocycles. The lowest BCUT2D eigenvalue weighted by Crippen LogP contribution is -2.35. The number of carboxylic acid groups (broad SMARTS) is 1. The summed E-state index contributed by atoms with van der Waals surface area (Å²) in [6.45, 7) is 3.43. The van der Waals surface area contributed by atoms with Gasteiger partial charge in [-0.15, -0.1) is 0 Å². The fourth-order valence-corrected chi connectivity index (χ4v) is 3.50. The molecule has 0 saturated carbocycles. The molecule has 6 nitrogen and oxygen atoms in total. The van der Waals surface area contributed by atoms with Crippen molar-refractivity contribution < 1.29 is 14.6 Å². The Hall–Kier alpha value is -2.31. The van der Waals surface area contributed by atoms with Crippen LogP contribution in [-0.4, -0.2) is 46.1 Å². The van der Waals surface area contributed by atoms with Gasteiger partial charge in [0.1, 0.15) is 6.61 Å². The van der Waals surface area contributed by atoms with E-state index in [1.54, 1.807) is 19.2 Å². The molecular weight excluding hydrogens is 330 g/mol. The lowest BCUT2D eigenvalue weighted by atomic mass is 9.91. The molecule has 0 amide bonds. The van der Waals surface area contributed by atoms with Gasteiger partial charge in [0.05, 0.1) is 5.56 Å². The van der Waals surface area contributed by atoms with E-state index in [2.05, 4.69) is 14.9 Å². The third-order valence-electron chi connectivity index (χ3n) is 4.77. The molecule has 0 aliphatic carbocycles. The van der Waals surface area contributed by atoms with Crippen LogP contribution in [0.25, 0.3) is 0 Å². The number of methoxy groups -OCH3 is 1. The molecule has 1 aliphatic rings. The molecule has 6 heteroatoms. The number of hydrogen-bond donors (Lipinski definition) is 1. The first-order chi connectivity index (χ1) is 12.6. The van der Waals surface area contributed by atoms with Crippen molar-refractivity contribution in [2.24, 2.45) is 5.92 Å². The highest BCUT2D eigenvalue weighted by Gasteiger charge is 2.20. The number of nitrogens with zero attached hydrogens (tertiary/aromatic N) is 3. The number of benzene rings is 1. The van der Waals surface area contributed by atoms with Crippen LogP contribution >= 0.6 is 0 Å². The van der Waals surface area contributed by atoms with Crippen LogP contribution in [0.3, 0.4) is 0 Å². The first kappa shape index (κ1) is 18.5. The first-order valence-electron chi connectivity index (χ1n) is 8.97. The minimum Gasteiger partial charge on any atom is -0.478 e. The molecule has 2 aromatic rings. The van der Waals surface area contributed by atoms with Crippen molar-refractivity contribution in [2.45, 2.75) is 32.4 Å². The van der Waals surface area contributed by atoms with Crippen molar-refractivity contribution in [1.82, 2.24) is 14.9 Å². The smallest absolute Gasteiger partial charge is 0.335 e. The fourth-order valence-electron chi connectivity index (χ4n) is 3.50. The quantitative estimate of drug-likeness (QED) is 0.823. The number of ether oxygens (including phenoxy) is 1. The summed E-state index contributed by atoms with van der Waals surface area (Å²) in [5.41, 5.74) is 2.67. The van der Waals surface area contributed by atoms with Gasteiger partial charge in [-0.3, -0.25) is 4.90 Å². The van der Waals surface area contributed by atoms with Crippen LogP contribution in [-0.2, 0) is 24.3 Å². The zero-order valence-electron chi connectivity index (χ0n) is 15.1. The SMILES string of the molecule is COCc1ncc(CN2CCC[C@@H](Cc3ccc(C(=O)O)cc3)C2)cn1. The zero-order chi connectivity index (χ0) is 18.4. The topological polar surface area (TPSA) is 75.5 Å². The van der Waals surface area contributed by atoms with E-state index in [0.29, 0.717) is 23.9 Å². The van der Waals surface area contributed by atoms with Crippen molar-refractivity contribution >= 4 is 5.97 Å². The normalized spacial score (nSPS) is 18.0. The maximum atomic E-state index is 11.0. The van der Waals surface area contributed by atoms with E-state index in [9.17, 15) is 4.79 Å². The number of aromatic carboxylic acids is 1. The molecule has 0 unspecified atom stereocenters. The van der Waals surface area contributed by atoms with Gasteiger partial charge < -0.3 is 9.84 Å². The standard InChI is InChI=1S/C20H25N3O3/c1-26-14-19-21-10-17(11-22-19)13-23-8-2-3-16(12-23)9-15-4-6-18(7-5-15)20(24)25/h4-7,10-11,16H,2-3,8-9,12-14H2,1H3,(H,24,25)/t16-/m0/s1. The maximum absolute atomic E-state index is 11.0. The minimum atomic E-state index is -0.876. The van der Waals surface area contributed by atoms with E-state index in [-0.39, 0.29) is 0 Å². The van der Waals surface area contributed by atoms with Crippen LogP contribution in [0.1, 0.15) is 40.2 Å². The number of piperidine rings is 1. The summed E-state index contributed by atoms with van der Waals surface area (Å²) in [5, 5.41) is 9.00. The Morgan fingerprint density at radius 3 is 2.62 bits per heavy atom. The van der Waals surface area contributed by atoms with Gasteiger partial charge in [0.15, 0.2) is 5.82 Å². The van der Waals surface area contributed by atoms with Gasteiger partial charge in [-0.1, -0.05) is 12.1 Å². The predicted molar refractivity (Wildman–Crippen MR) is 97.9 cm³/mol. The molecule has 1 aliphatic heterocycles. The highest BCUT2D eigenvalue weighted by molar-refractivity contribution is 5.87. The average molecular weight is 355 g/mol. The molecule has 1 aromatic heterocycles. The molecule has 1 atom stereocenters. The number of carbonyl (C=O) groups is 1. The van der Waals surface area contributed by atoms with Gasteiger partial charge in [-0.05, 0) is 49.4 Å². The molecule has 0 bridgehead atoms. The van der Waals surface area contributed by atoms with Crippen LogP contribution in [0.4, 0.5) is 0 Å². The second-order valence-electron chi connectivity index (χ2n) is 6.89. The van der Waals surface area contributed by atoms with E-state index in [1.165, 1.54) is 18.4 Å². The second-order valence-corrected chi connectivity index (χ2v) is 6.89. The largest absolute Gasteiger partial charge is 0.478 e. The number of likely N-dealkylation sites (tertiary alicyclic amines) is 1. The molecule has 1 fully saturated rings. The number of rotatable bonds is 7. The predicted octanol–water partition coefficient (Wildman–Crippen LogP) is 2.78. The Morgan fingerprint density at radius 2 is 1.96 bits per heavy atom. The molecule has 0 spiro atoms. The van der Waals surface area contributed by atoms with Crippen LogP contribution in [0.15, 0.2) is 36.7 Å². The summed E-state index contributed by atoms with van der Waals surface area (Å²) in [5.74, 6) is 0.421. The van der Waals surface area contributed by atoms with E-state index >= 15 is 0 Å². The van der Waals surface area contributed by atoms with Gasteiger partial charge in [-0.25, -0.2) is 14.8 Å². The van der Waals surface area contributed by atoms with Gasteiger partial charge in [-0.2, -0.15) is 0 Å². The van der Waals surface area contributed by atoms with Crippen LogP contribution in [0.2, 0.25) is 0 Å². The third-order valence-corrected chi connectivity index (χ3v) is 4.77. The van der Waals surface area contributed by atoms with E-state index in [1.807, 2.05) is 24.5 Å². The van der Waals surface area contributed by atoms with Crippen molar-refractivity contribution in [1.29, 1.82) is 0 Å².